The predicted octanol–water partition coefficient (Wildman–Crippen LogP) is 4.31. The molecule has 0 radical (unpaired) electrons. The lowest BCUT2D eigenvalue weighted by Gasteiger charge is -2.31. The number of anilines is 1. The van der Waals surface area contributed by atoms with Crippen LogP contribution in [0, 0.1) is 26.7 Å². The van der Waals surface area contributed by atoms with E-state index in [1.807, 2.05) is 32.9 Å². The van der Waals surface area contributed by atoms with Gasteiger partial charge in [-0.15, -0.1) is 0 Å². The zero-order valence-electron chi connectivity index (χ0n) is 17.7. The topological polar surface area (TPSA) is 75.7 Å². The number of methoxy groups -OCH3 is 1. The van der Waals surface area contributed by atoms with Gasteiger partial charge in [-0.25, -0.2) is 8.42 Å². The minimum Gasteiger partial charge on any atom is -0.495 e. The van der Waals surface area contributed by atoms with Gasteiger partial charge >= 0.3 is 0 Å². The van der Waals surface area contributed by atoms with Gasteiger partial charge in [-0.2, -0.15) is 4.31 Å². The van der Waals surface area contributed by atoms with Gasteiger partial charge in [0.25, 0.3) is 0 Å². The monoisotopic (exact) mass is 450 g/mol. The van der Waals surface area contributed by atoms with Crippen LogP contribution in [-0.4, -0.2) is 38.8 Å². The molecule has 1 fully saturated rings. The number of nitrogens with one attached hydrogen (secondary N) is 1. The van der Waals surface area contributed by atoms with Crippen molar-refractivity contribution in [1.29, 1.82) is 0 Å². The van der Waals surface area contributed by atoms with Crippen LogP contribution in [0.3, 0.4) is 0 Å². The molecule has 1 saturated heterocycles. The van der Waals surface area contributed by atoms with Crippen LogP contribution in [0.4, 0.5) is 5.69 Å². The molecule has 0 spiro atoms. The number of piperidine rings is 1. The number of sulfonamides is 1. The minimum atomic E-state index is -3.84. The first kappa shape index (κ1) is 22.6. The van der Waals surface area contributed by atoms with E-state index in [1.54, 1.807) is 6.07 Å². The van der Waals surface area contributed by atoms with Gasteiger partial charge in [0.1, 0.15) is 10.6 Å². The number of benzene rings is 2. The van der Waals surface area contributed by atoms with Crippen molar-refractivity contribution in [3.05, 3.63) is 52.0 Å². The van der Waals surface area contributed by atoms with Gasteiger partial charge in [0.05, 0.1) is 13.0 Å². The van der Waals surface area contributed by atoms with E-state index in [-0.39, 0.29) is 23.1 Å². The highest BCUT2D eigenvalue weighted by Gasteiger charge is 2.35. The van der Waals surface area contributed by atoms with Crippen LogP contribution in [0.2, 0.25) is 5.02 Å². The molecule has 162 valence electrons. The van der Waals surface area contributed by atoms with Crippen LogP contribution < -0.4 is 10.1 Å². The zero-order chi connectivity index (χ0) is 22.1. The Kier molecular flexibility index (Phi) is 6.75. The smallest absolute Gasteiger partial charge is 0.246 e. The van der Waals surface area contributed by atoms with Crippen LogP contribution in [-0.2, 0) is 14.8 Å². The average molecular weight is 451 g/mol. The summed E-state index contributed by atoms with van der Waals surface area (Å²) < 4.78 is 33.1. The standard InChI is InChI=1S/C22H27ClN2O4S/c1-14-10-15(2)21(16(3)11-14)24-22(26)17-6-5-9-25(13-17)30(27,28)20-12-18(23)7-8-19(20)29-4/h7-8,10-12,17H,5-6,9,13H2,1-4H3,(H,24,26)/t17-/m1/s1. The van der Waals surface area contributed by atoms with E-state index in [1.165, 1.54) is 23.5 Å². The molecule has 0 aliphatic carbocycles. The molecule has 2 aromatic carbocycles. The first-order chi connectivity index (χ1) is 14.1. The van der Waals surface area contributed by atoms with Crippen molar-refractivity contribution in [2.24, 2.45) is 5.92 Å². The fourth-order valence-corrected chi connectivity index (χ4v) is 5.91. The Morgan fingerprint density at radius 3 is 2.47 bits per heavy atom. The number of nitrogens with zero attached hydrogens (tertiary/aromatic N) is 1. The molecular formula is C22H27ClN2O4S. The summed E-state index contributed by atoms with van der Waals surface area (Å²) in [4.78, 5) is 13.0. The highest BCUT2D eigenvalue weighted by molar-refractivity contribution is 7.89. The summed E-state index contributed by atoms with van der Waals surface area (Å²) in [5, 5.41) is 3.32. The number of hydrogen-bond acceptors (Lipinski definition) is 4. The Bertz CT molecular complexity index is 1050. The Morgan fingerprint density at radius 2 is 1.83 bits per heavy atom. The van der Waals surface area contributed by atoms with E-state index in [4.69, 9.17) is 16.3 Å². The van der Waals surface area contributed by atoms with Gasteiger partial charge in [0.15, 0.2) is 0 Å². The second-order valence-electron chi connectivity index (χ2n) is 7.76. The molecule has 8 heteroatoms. The molecule has 0 unspecified atom stereocenters. The van der Waals surface area contributed by atoms with Crippen molar-refractivity contribution in [3.63, 3.8) is 0 Å². The summed E-state index contributed by atoms with van der Waals surface area (Å²) in [5.41, 5.74) is 3.91. The molecule has 3 rings (SSSR count). The first-order valence-corrected chi connectivity index (χ1v) is 11.7. The van der Waals surface area contributed by atoms with Crippen LogP contribution in [0.25, 0.3) is 0 Å². The number of halogens is 1. The molecule has 2 aromatic rings. The number of carbonyl (C=O) groups excluding carboxylic acids is 1. The maximum absolute atomic E-state index is 13.2. The van der Waals surface area contributed by atoms with E-state index >= 15 is 0 Å². The number of rotatable bonds is 5. The maximum Gasteiger partial charge on any atom is 0.246 e. The molecule has 1 aliphatic rings. The predicted molar refractivity (Wildman–Crippen MR) is 119 cm³/mol. The van der Waals surface area contributed by atoms with E-state index in [9.17, 15) is 13.2 Å². The minimum absolute atomic E-state index is 0.0174. The van der Waals surface area contributed by atoms with E-state index in [2.05, 4.69) is 5.32 Å². The van der Waals surface area contributed by atoms with Crippen LogP contribution in [0.1, 0.15) is 29.5 Å². The van der Waals surface area contributed by atoms with E-state index < -0.39 is 15.9 Å². The molecule has 6 nitrogen and oxygen atoms in total. The number of aryl methyl sites for hydroxylation is 3. The second-order valence-corrected chi connectivity index (χ2v) is 10.1. The van der Waals surface area contributed by atoms with Crippen molar-refractivity contribution in [2.45, 2.75) is 38.5 Å². The highest BCUT2D eigenvalue weighted by Crippen LogP contribution is 2.32. The Balaban J connectivity index is 1.82. The maximum atomic E-state index is 13.2. The van der Waals surface area contributed by atoms with Crippen molar-refractivity contribution in [1.82, 2.24) is 4.31 Å². The molecule has 1 atom stereocenters. The third-order valence-electron chi connectivity index (χ3n) is 5.42. The quantitative estimate of drug-likeness (QED) is 0.736. The Hall–Kier alpha value is -2.09. The van der Waals surface area contributed by atoms with Crippen molar-refractivity contribution >= 4 is 33.2 Å². The molecule has 1 N–H and O–H groups in total. The Labute approximate surface area is 183 Å². The highest BCUT2D eigenvalue weighted by atomic mass is 35.5. The summed E-state index contributed by atoms with van der Waals surface area (Å²) in [6, 6.07) is 8.54. The summed E-state index contributed by atoms with van der Waals surface area (Å²) in [6.07, 6.45) is 1.24. The normalized spacial score (nSPS) is 17.6. The number of hydrogen-bond donors (Lipinski definition) is 1. The SMILES string of the molecule is COc1ccc(Cl)cc1S(=O)(=O)N1CCC[C@@H](C(=O)Nc2c(C)cc(C)cc2C)C1. The lowest BCUT2D eigenvalue weighted by molar-refractivity contribution is -0.120. The number of amides is 1. The van der Waals surface area contributed by atoms with E-state index in [0.717, 1.165) is 22.4 Å². The molecule has 1 aliphatic heterocycles. The summed E-state index contributed by atoms with van der Waals surface area (Å²) >= 11 is 6.03. The van der Waals surface area contributed by atoms with Crippen LogP contribution >= 0.6 is 11.6 Å². The van der Waals surface area contributed by atoms with Gasteiger partial charge in [-0.1, -0.05) is 29.3 Å². The average Bonchev–Trinajstić information content (AvgIpc) is 2.70. The van der Waals surface area contributed by atoms with Crippen LogP contribution in [0.15, 0.2) is 35.2 Å². The summed E-state index contributed by atoms with van der Waals surface area (Å²) in [6.45, 7) is 6.40. The van der Waals surface area contributed by atoms with Gasteiger partial charge in [-0.3, -0.25) is 4.79 Å². The molecule has 0 aromatic heterocycles. The first-order valence-electron chi connectivity index (χ1n) is 9.86. The lowest BCUT2D eigenvalue weighted by Crippen LogP contribution is -2.43. The molecule has 0 bridgehead atoms. The summed E-state index contributed by atoms with van der Waals surface area (Å²) in [7, 11) is -2.43. The fourth-order valence-electron chi connectivity index (χ4n) is 3.97. The third kappa shape index (κ3) is 4.63. The van der Waals surface area contributed by atoms with Gasteiger partial charge in [0.2, 0.25) is 15.9 Å². The lowest BCUT2D eigenvalue weighted by atomic mass is 9.98. The number of carbonyl (C=O) groups is 1. The van der Waals surface area contributed by atoms with E-state index in [0.29, 0.717) is 24.4 Å². The van der Waals surface area contributed by atoms with Gasteiger partial charge in [0, 0.05) is 23.8 Å². The Morgan fingerprint density at radius 1 is 1.17 bits per heavy atom. The molecule has 1 amide bonds. The molecule has 30 heavy (non-hydrogen) atoms. The third-order valence-corrected chi connectivity index (χ3v) is 7.55. The van der Waals surface area contributed by atoms with Crippen molar-refractivity contribution in [3.8, 4) is 5.75 Å². The van der Waals surface area contributed by atoms with Gasteiger partial charge in [-0.05, 0) is 62.9 Å². The molecule has 0 saturated carbocycles. The molecule has 1 heterocycles. The second kappa shape index (κ2) is 8.96. The number of ether oxygens (including phenoxy) is 1. The zero-order valence-corrected chi connectivity index (χ0v) is 19.2. The van der Waals surface area contributed by atoms with Crippen molar-refractivity contribution < 1.29 is 17.9 Å². The largest absolute Gasteiger partial charge is 0.495 e. The fraction of sp³-hybridized carbons (Fsp3) is 0.409. The molecular weight excluding hydrogens is 424 g/mol. The summed E-state index contributed by atoms with van der Waals surface area (Å²) in [5.74, 6) is -0.362. The van der Waals surface area contributed by atoms with Gasteiger partial charge < -0.3 is 10.1 Å². The van der Waals surface area contributed by atoms with Crippen LogP contribution in [0.5, 0.6) is 5.75 Å². The van der Waals surface area contributed by atoms with Crippen molar-refractivity contribution in [2.75, 3.05) is 25.5 Å².